The van der Waals surface area contributed by atoms with E-state index in [0.717, 1.165) is 25.9 Å². The van der Waals surface area contributed by atoms with E-state index < -0.39 is 0 Å². The Balaban J connectivity index is 1.73. The van der Waals surface area contributed by atoms with Crippen LogP contribution in [0.2, 0.25) is 5.02 Å². The van der Waals surface area contributed by atoms with Crippen molar-refractivity contribution in [3.05, 3.63) is 64.7 Å². The molecule has 0 aromatic heterocycles. The third-order valence-corrected chi connectivity index (χ3v) is 4.33. The van der Waals surface area contributed by atoms with Gasteiger partial charge < -0.3 is 10.2 Å². The van der Waals surface area contributed by atoms with Crippen LogP contribution in [-0.4, -0.2) is 29.8 Å². The van der Waals surface area contributed by atoms with E-state index in [4.69, 9.17) is 11.6 Å². The maximum atomic E-state index is 12.5. The fourth-order valence-corrected chi connectivity index (χ4v) is 3.03. The van der Waals surface area contributed by atoms with Crippen molar-refractivity contribution in [2.24, 2.45) is 0 Å². The highest BCUT2D eigenvalue weighted by Gasteiger charge is 2.18. The van der Waals surface area contributed by atoms with Crippen LogP contribution in [-0.2, 0) is 0 Å². The number of carbonyl (C=O) groups excluding carboxylic acids is 2. The van der Waals surface area contributed by atoms with Gasteiger partial charge in [-0.3, -0.25) is 9.59 Å². The van der Waals surface area contributed by atoms with Crippen molar-refractivity contribution < 1.29 is 9.59 Å². The number of nitrogens with one attached hydrogen (secondary N) is 1. The SMILES string of the molecule is O=C(Nc1cccc(C(=O)N2CCCCC2)c1)c1cccc(Cl)c1. The molecule has 0 atom stereocenters. The average Bonchev–Trinajstić information content (AvgIpc) is 2.62. The minimum Gasteiger partial charge on any atom is -0.339 e. The summed E-state index contributed by atoms with van der Waals surface area (Å²) in [5.41, 5.74) is 1.68. The zero-order valence-electron chi connectivity index (χ0n) is 13.3. The van der Waals surface area contributed by atoms with Crippen LogP contribution in [0.25, 0.3) is 0 Å². The molecule has 0 spiro atoms. The molecular formula is C19H19ClN2O2. The number of rotatable bonds is 3. The molecule has 1 aliphatic heterocycles. The Morgan fingerprint density at radius 1 is 0.917 bits per heavy atom. The lowest BCUT2D eigenvalue weighted by atomic mass is 10.1. The summed E-state index contributed by atoms with van der Waals surface area (Å²) in [6.45, 7) is 1.61. The molecular weight excluding hydrogens is 324 g/mol. The van der Waals surface area contributed by atoms with E-state index in [1.807, 2.05) is 4.90 Å². The minimum atomic E-state index is -0.250. The van der Waals surface area contributed by atoms with Crippen LogP contribution in [0.1, 0.15) is 40.0 Å². The molecule has 0 radical (unpaired) electrons. The van der Waals surface area contributed by atoms with Crippen molar-refractivity contribution in [2.45, 2.75) is 19.3 Å². The molecule has 1 N–H and O–H groups in total. The first kappa shape index (κ1) is 16.5. The first-order valence-electron chi connectivity index (χ1n) is 8.10. The summed E-state index contributed by atoms with van der Waals surface area (Å²) < 4.78 is 0. The van der Waals surface area contributed by atoms with E-state index in [0.29, 0.717) is 21.8 Å². The van der Waals surface area contributed by atoms with Gasteiger partial charge in [0.05, 0.1) is 0 Å². The number of benzene rings is 2. The number of nitrogens with zero attached hydrogens (tertiary/aromatic N) is 1. The third kappa shape index (κ3) is 3.95. The molecule has 5 heteroatoms. The molecule has 2 aromatic carbocycles. The molecule has 124 valence electrons. The van der Waals surface area contributed by atoms with Gasteiger partial charge in [0.2, 0.25) is 0 Å². The third-order valence-electron chi connectivity index (χ3n) is 4.10. The number of piperidine rings is 1. The zero-order chi connectivity index (χ0) is 16.9. The molecule has 0 saturated carbocycles. The molecule has 0 bridgehead atoms. The smallest absolute Gasteiger partial charge is 0.255 e. The van der Waals surface area contributed by atoms with Gasteiger partial charge in [0.15, 0.2) is 0 Å². The largest absolute Gasteiger partial charge is 0.339 e. The highest BCUT2D eigenvalue weighted by atomic mass is 35.5. The normalized spacial score (nSPS) is 14.3. The first-order valence-corrected chi connectivity index (χ1v) is 8.47. The van der Waals surface area contributed by atoms with Gasteiger partial charge in [-0.25, -0.2) is 0 Å². The number of halogens is 1. The van der Waals surface area contributed by atoms with Crippen molar-refractivity contribution in [3.8, 4) is 0 Å². The Morgan fingerprint density at radius 2 is 1.62 bits per heavy atom. The molecule has 3 rings (SSSR count). The molecule has 0 aliphatic carbocycles. The van der Waals surface area contributed by atoms with Gasteiger partial charge in [-0.05, 0) is 55.7 Å². The minimum absolute atomic E-state index is 0.0218. The van der Waals surface area contributed by atoms with Crippen molar-refractivity contribution in [1.82, 2.24) is 4.90 Å². The second-order valence-corrected chi connectivity index (χ2v) is 6.33. The standard InChI is InChI=1S/C19H19ClN2O2/c20-16-8-4-6-14(12-16)18(23)21-17-9-5-7-15(13-17)19(24)22-10-2-1-3-11-22/h4-9,12-13H,1-3,10-11H2,(H,21,23). The second-order valence-electron chi connectivity index (χ2n) is 5.90. The lowest BCUT2D eigenvalue weighted by Crippen LogP contribution is -2.35. The van der Waals surface area contributed by atoms with E-state index in [2.05, 4.69) is 5.32 Å². The molecule has 1 aliphatic rings. The summed E-state index contributed by atoms with van der Waals surface area (Å²) in [4.78, 5) is 26.7. The quantitative estimate of drug-likeness (QED) is 0.908. The van der Waals surface area contributed by atoms with E-state index in [-0.39, 0.29) is 11.8 Å². The van der Waals surface area contributed by atoms with Gasteiger partial charge in [0.25, 0.3) is 11.8 Å². The predicted molar refractivity (Wildman–Crippen MR) is 95.6 cm³/mol. The molecule has 24 heavy (non-hydrogen) atoms. The van der Waals surface area contributed by atoms with Gasteiger partial charge in [-0.2, -0.15) is 0 Å². The first-order chi connectivity index (χ1) is 11.6. The lowest BCUT2D eigenvalue weighted by molar-refractivity contribution is 0.0724. The van der Waals surface area contributed by atoms with Gasteiger partial charge in [0.1, 0.15) is 0 Å². The molecule has 0 unspecified atom stereocenters. The van der Waals surface area contributed by atoms with Gasteiger partial charge in [-0.1, -0.05) is 23.7 Å². The van der Waals surface area contributed by atoms with Gasteiger partial charge in [0, 0.05) is 34.9 Å². The molecule has 2 aromatic rings. The Hall–Kier alpha value is -2.33. The maximum Gasteiger partial charge on any atom is 0.255 e. The van der Waals surface area contributed by atoms with Crippen LogP contribution >= 0.6 is 11.6 Å². The summed E-state index contributed by atoms with van der Waals surface area (Å²) in [7, 11) is 0. The number of anilines is 1. The van der Waals surface area contributed by atoms with E-state index >= 15 is 0 Å². The summed E-state index contributed by atoms with van der Waals surface area (Å²) >= 11 is 5.91. The lowest BCUT2D eigenvalue weighted by Gasteiger charge is -2.26. The van der Waals surface area contributed by atoms with Crippen LogP contribution < -0.4 is 5.32 Å². The fraction of sp³-hybridized carbons (Fsp3) is 0.263. The number of hydrogen-bond donors (Lipinski definition) is 1. The van der Waals surface area contributed by atoms with Gasteiger partial charge >= 0.3 is 0 Å². The highest BCUT2D eigenvalue weighted by molar-refractivity contribution is 6.31. The fourth-order valence-electron chi connectivity index (χ4n) is 2.84. The predicted octanol–water partition coefficient (Wildman–Crippen LogP) is 4.22. The Labute approximate surface area is 146 Å². The van der Waals surface area contributed by atoms with Gasteiger partial charge in [-0.15, -0.1) is 0 Å². The molecule has 1 heterocycles. The Bertz CT molecular complexity index is 755. The number of hydrogen-bond acceptors (Lipinski definition) is 2. The van der Waals surface area contributed by atoms with Crippen molar-refractivity contribution >= 4 is 29.1 Å². The van der Waals surface area contributed by atoms with Crippen LogP contribution in [0.3, 0.4) is 0 Å². The molecule has 4 nitrogen and oxygen atoms in total. The van der Waals surface area contributed by atoms with Crippen LogP contribution in [0, 0.1) is 0 Å². The van der Waals surface area contributed by atoms with E-state index in [1.165, 1.54) is 6.42 Å². The van der Waals surface area contributed by atoms with Crippen LogP contribution in [0.4, 0.5) is 5.69 Å². The van der Waals surface area contributed by atoms with E-state index in [9.17, 15) is 9.59 Å². The highest BCUT2D eigenvalue weighted by Crippen LogP contribution is 2.18. The van der Waals surface area contributed by atoms with E-state index in [1.54, 1.807) is 48.5 Å². The summed E-state index contributed by atoms with van der Waals surface area (Å²) in [6, 6.07) is 13.8. The number of amides is 2. The van der Waals surface area contributed by atoms with Crippen LogP contribution in [0.5, 0.6) is 0 Å². The topological polar surface area (TPSA) is 49.4 Å². The van der Waals surface area contributed by atoms with Crippen LogP contribution in [0.15, 0.2) is 48.5 Å². The second kappa shape index (κ2) is 7.49. The number of carbonyl (C=O) groups is 2. The number of likely N-dealkylation sites (tertiary alicyclic amines) is 1. The monoisotopic (exact) mass is 342 g/mol. The van der Waals surface area contributed by atoms with Crippen molar-refractivity contribution in [3.63, 3.8) is 0 Å². The summed E-state index contributed by atoms with van der Waals surface area (Å²) in [5.74, 6) is -0.228. The van der Waals surface area contributed by atoms with Crippen molar-refractivity contribution in [2.75, 3.05) is 18.4 Å². The summed E-state index contributed by atoms with van der Waals surface area (Å²) in [5, 5.41) is 3.33. The molecule has 1 saturated heterocycles. The Kier molecular flexibility index (Phi) is 5.16. The molecule has 2 amide bonds. The maximum absolute atomic E-state index is 12.5. The van der Waals surface area contributed by atoms with Crippen molar-refractivity contribution in [1.29, 1.82) is 0 Å². The molecule has 1 fully saturated rings. The average molecular weight is 343 g/mol. The zero-order valence-corrected chi connectivity index (χ0v) is 14.1. The Morgan fingerprint density at radius 3 is 2.38 bits per heavy atom. The summed E-state index contributed by atoms with van der Waals surface area (Å²) in [6.07, 6.45) is 3.29.